The molecule has 3 heterocycles. The summed E-state index contributed by atoms with van der Waals surface area (Å²) in [7, 11) is 1.65. The van der Waals surface area contributed by atoms with Crippen LogP contribution in [0.5, 0.6) is 17.6 Å². The van der Waals surface area contributed by atoms with E-state index in [4.69, 9.17) is 21.1 Å². The van der Waals surface area contributed by atoms with Crippen LogP contribution in [0.1, 0.15) is 19.8 Å². The van der Waals surface area contributed by atoms with Crippen LogP contribution in [0, 0.1) is 11.8 Å². The highest BCUT2D eigenvalue weighted by Gasteiger charge is 2.42. The molecule has 8 nitrogen and oxygen atoms in total. The molecule has 1 saturated heterocycles. The van der Waals surface area contributed by atoms with Gasteiger partial charge in [-0.05, 0) is 55.9 Å². The van der Waals surface area contributed by atoms with E-state index in [2.05, 4.69) is 31.3 Å². The molecule has 0 unspecified atom stereocenters. The monoisotopic (exact) mass is 454 g/mol. The van der Waals surface area contributed by atoms with Crippen molar-refractivity contribution in [1.82, 2.24) is 19.7 Å². The maximum absolute atomic E-state index is 6.08. The van der Waals surface area contributed by atoms with Gasteiger partial charge < -0.3 is 19.7 Å². The van der Waals surface area contributed by atoms with E-state index >= 15 is 0 Å². The second-order valence-corrected chi connectivity index (χ2v) is 8.76. The molecular weight excluding hydrogens is 428 g/mol. The van der Waals surface area contributed by atoms with Crippen molar-refractivity contribution in [2.75, 3.05) is 30.4 Å². The molecule has 0 radical (unpaired) electrons. The summed E-state index contributed by atoms with van der Waals surface area (Å²) in [5.41, 5.74) is 1.16. The standard InChI is InChI=1S/C23H27ClN6O2/c1-3-30-23(32-19-6-4-5-17(24)11-19)27-22(28-30)26-21-15-7-8-16(21)14-29(13-15)18-9-10-25-20(12-18)31-2/h4-6,9-12,15-16,21H,3,7-8,13-14H2,1-2H3,(H,26,28)/t15-,16+,21-. The molecule has 1 N–H and O–H groups in total. The minimum atomic E-state index is 0.349. The Bertz CT molecular complexity index is 1080. The van der Waals surface area contributed by atoms with Crippen molar-refractivity contribution < 1.29 is 9.47 Å². The van der Waals surface area contributed by atoms with Crippen LogP contribution in [-0.2, 0) is 6.54 Å². The van der Waals surface area contributed by atoms with Crippen LogP contribution in [0.25, 0.3) is 0 Å². The number of fused-ring (bicyclic) bond motifs is 2. The van der Waals surface area contributed by atoms with Crippen LogP contribution >= 0.6 is 11.6 Å². The molecule has 9 heteroatoms. The molecule has 2 fully saturated rings. The summed E-state index contributed by atoms with van der Waals surface area (Å²) in [6, 6.07) is 12.2. The Morgan fingerprint density at radius 3 is 2.69 bits per heavy atom. The van der Waals surface area contributed by atoms with E-state index in [1.165, 1.54) is 12.8 Å². The number of methoxy groups -OCH3 is 1. The Morgan fingerprint density at radius 2 is 1.97 bits per heavy atom. The number of piperidine rings is 1. The van der Waals surface area contributed by atoms with Crippen LogP contribution in [0.4, 0.5) is 11.6 Å². The highest BCUT2D eigenvalue weighted by Crippen LogP contribution is 2.40. The van der Waals surface area contributed by atoms with Crippen molar-refractivity contribution in [3.63, 3.8) is 0 Å². The van der Waals surface area contributed by atoms with Crippen LogP contribution in [0.15, 0.2) is 42.6 Å². The summed E-state index contributed by atoms with van der Waals surface area (Å²) in [6.45, 7) is 4.66. The van der Waals surface area contributed by atoms with Crippen LogP contribution in [0.2, 0.25) is 5.02 Å². The third-order valence-electron chi connectivity index (χ3n) is 6.36. The Labute approximate surface area is 192 Å². The number of anilines is 2. The fraction of sp³-hybridized carbons (Fsp3) is 0.435. The van der Waals surface area contributed by atoms with Gasteiger partial charge in [-0.15, -0.1) is 5.10 Å². The van der Waals surface area contributed by atoms with Gasteiger partial charge in [0.2, 0.25) is 11.8 Å². The maximum Gasteiger partial charge on any atom is 0.322 e. The number of aromatic nitrogens is 4. The molecule has 2 aromatic heterocycles. The predicted octanol–water partition coefficient (Wildman–Crippen LogP) is 4.47. The molecule has 2 bridgehead atoms. The van der Waals surface area contributed by atoms with Gasteiger partial charge >= 0.3 is 6.01 Å². The first-order valence-corrected chi connectivity index (χ1v) is 11.4. The summed E-state index contributed by atoms with van der Waals surface area (Å²) < 4.78 is 13.0. The number of halogens is 1. The van der Waals surface area contributed by atoms with Gasteiger partial charge in [0.25, 0.3) is 0 Å². The Balaban J connectivity index is 1.29. The van der Waals surface area contributed by atoms with Gasteiger partial charge in [0.1, 0.15) is 5.75 Å². The molecule has 1 aromatic carbocycles. The summed E-state index contributed by atoms with van der Waals surface area (Å²) in [6.07, 6.45) is 4.20. The third-order valence-corrected chi connectivity index (χ3v) is 6.60. The zero-order valence-corrected chi connectivity index (χ0v) is 19.0. The molecule has 1 aliphatic heterocycles. The van der Waals surface area contributed by atoms with Gasteiger partial charge in [-0.25, -0.2) is 9.67 Å². The number of hydrogen-bond acceptors (Lipinski definition) is 7. The number of benzene rings is 1. The number of aryl methyl sites for hydroxylation is 1. The van der Waals surface area contributed by atoms with Crippen molar-refractivity contribution in [2.24, 2.45) is 11.8 Å². The van der Waals surface area contributed by atoms with E-state index in [9.17, 15) is 0 Å². The lowest BCUT2D eigenvalue weighted by atomic mass is 9.92. The van der Waals surface area contributed by atoms with Gasteiger partial charge in [0, 0.05) is 48.6 Å². The summed E-state index contributed by atoms with van der Waals surface area (Å²) in [4.78, 5) is 11.3. The molecule has 3 aromatic rings. The number of ether oxygens (including phenoxy) is 2. The molecule has 2 aliphatic rings. The normalized spacial score (nSPS) is 22.1. The molecule has 1 aliphatic carbocycles. The van der Waals surface area contributed by atoms with E-state index in [1.807, 2.05) is 37.4 Å². The zero-order chi connectivity index (χ0) is 22.1. The highest BCUT2D eigenvalue weighted by atomic mass is 35.5. The van der Waals surface area contributed by atoms with Crippen LogP contribution < -0.4 is 19.7 Å². The first-order valence-electron chi connectivity index (χ1n) is 11.0. The first-order chi connectivity index (χ1) is 15.6. The third kappa shape index (κ3) is 4.19. The van der Waals surface area contributed by atoms with Crippen LogP contribution in [0.3, 0.4) is 0 Å². The first kappa shape index (κ1) is 20.9. The van der Waals surface area contributed by atoms with Gasteiger partial charge in [0.15, 0.2) is 0 Å². The summed E-state index contributed by atoms with van der Waals surface area (Å²) in [5, 5.41) is 8.88. The minimum Gasteiger partial charge on any atom is -0.481 e. The second-order valence-electron chi connectivity index (χ2n) is 8.32. The molecule has 0 spiro atoms. The highest BCUT2D eigenvalue weighted by molar-refractivity contribution is 6.30. The average Bonchev–Trinajstić information content (AvgIpc) is 3.28. The maximum atomic E-state index is 6.08. The van der Waals surface area contributed by atoms with Crippen molar-refractivity contribution >= 4 is 23.2 Å². The van der Waals surface area contributed by atoms with Gasteiger partial charge in [-0.1, -0.05) is 17.7 Å². The second kappa shape index (κ2) is 8.86. The van der Waals surface area contributed by atoms with Crippen molar-refractivity contribution in [3.8, 4) is 17.6 Å². The van der Waals surface area contributed by atoms with Gasteiger partial charge in [-0.3, -0.25) is 0 Å². The molecule has 5 rings (SSSR count). The smallest absolute Gasteiger partial charge is 0.322 e. The van der Waals surface area contributed by atoms with Gasteiger partial charge in [-0.2, -0.15) is 4.98 Å². The minimum absolute atomic E-state index is 0.349. The summed E-state index contributed by atoms with van der Waals surface area (Å²) >= 11 is 6.08. The number of pyridine rings is 1. The van der Waals surface area contributed by atoms with Crippen molar-refractivity contribution in [1.29, 1.82) is 0 Å². The lowest BCUT2D eigenvalue weighted by Gasteiger charge is -2.39. The fourth-order valence-corrected chi connectivity index (χ4v) is 5.01. The largest absolute Gasteiger partial charge is 0.481 e. The Morgan fingerprint density at radius 1 is 1.16 bits per heavy atom. The molecule has 1 saturated carbocycles. The van der Waals surface area contributed by atoms with E-state index in [-0.39, 0.29) is 0 Å². The van der Waals surface area contributed by atoms with Crippen molar-refractivity contribution in [2.45, 2.75) is 32.4 Å². The topological polar surface area (TPSA) is 77.3 Å². The quantitative estimate of drug-likeness (QED) is 0.564. The SMILES string of the molecule is CCn1nc(N[C@@H]2[C@@H]3CC[C@H]2CN(c2ccnc(OC)c2)C3)nc1Oc1cccc(Cl)c1. The molecule has 168 valence electrons. The number of nitrogens with zero attached hydrogens (tertiary/aromatic N) is 5. The molecule has 0 amide bonds. The van der Waals surface area contributed by atoms with E-state index in [0.717, 1.165) is 18.8 Å². The molecule has 32 heavy (non-hydrogen) atoms. The molecule has 3 atom stereocenters. The number of nitrogens with one attached hydrogen (secondary N) is 1. The van der Waals surface area contributed by atoms with E-state index in [0.29, 0.717) is 53.0 Å². The Kier molecular flexibility index (Phi) is 5.78. The Hall–Kier alpha value is -3.00. The summed E-state index contributed by atoms with van der Waals surface area (Å²) in [5.74, 6) is 2.96. The number of hydrogen-bond donors (Lipinski definition) is 1. The van der Waals surface area contributed by atoms with Crippen LogP contribution in [-0.4, -0.2) is 46.0 Å². The lowest BCUT2D eigenvalue weighted by molar-refractivity contribution is 0.374. The van der Waals surface area contributed by atoms with E-state index in [1.54, 1.807) is 17.9 Å². The van der Waals surface area contributed by atoms with Crippen molar-refractivity contribution in [3.05, 3.63) is 47.6 Å². The number of rotatable bonds is 7. The molecular formula is C23H27ClN6O2. The zero-order valence-electron chi connectivity index (χ0n) is 18.2. The van der Waals surface area contributed by atoms with Gasteiger partial charge in [0.05, 0.1) is 7.11 Å². The lowest BCUT2D eigenvalue weighted by Crippen LogP contribution is -2.48. The average molecular weight is 455 g/mol. The predicted molar refractivity (Wildman–Crippen MR) is 124 cm³/mol. The van der Waals surface area contributed by atoms with E-state index < -0.39 is 0 Å². The fourth-order valence-electron chi connectivity index (χ4n) is 4.83.